The number of alkyl halides is 3. The van der Waals surface area contributed by atoms with Crippen LogP contribution >= 0.6 is 0 Å². The molecule has 3 aromatic rings. The highest BCUT2D eigenvalue weighted by Crippen LogP contribution is 2.33. The minimum atomic E-state index is -4.62. The predicted molar refractivity (Wildman–Crippen MR) is 102 cm³/mol. The van der Waals surface area contributed by atoms with Gasteiger partial charge in [-0.25, -0.2) is 14.7 Å². The summed E-state index contributed by atoms with van der Waals surface area (Å²) in [7, 11) is 0. The fourth-order valence-corrected chi connectivity index (χ4v) is 3.61. The summed E-state index contributed by atoms with van der Waals surface area (Å²) in [5.74, 6) is -1.70. The first-order chi connectivity index (χ1) is 14.2. The number of hydrogen-bond acceptors (Lipinski definition) is 4. The number of imide groups is 1. The number of anilines is 1. The van der Waals surface area contributed by atoms with E-state index in [4.69, 9.17) is 0 Å². The van der Waals surface area contributed by atoms with E-state index in [1.54, 1.807) is 24.5 Å². The molecule has 7 nitrogen and oxygen atoms in total. The third-order valence-corrected chi connectivity index (χ3v) is 4.97. The lowest BCUT2D eigenvalue weighted by Crippen LogP contribution is -2.38. The first kappa shape index (κ1) is 19.9. The van der Waals surface area contributed by atoms with Crippen molar-refractivity contribution in [3.8, 4) is 0 Å². The highest BCUT2D eigenvalue weighted by molar-refractivity contribution is 6.21. The number of carbonyl (C=O) groups excluding carboxylic acids is 2. The summed E-state index contributed by atoms with van der Waals surface area (Å²) < 4.78 is 38.8. The minimum absolute atomic E-state index is 0.0918. The van der Waals surface area contributed by atoms with Crippen molar-refractivity contribution in [2.45, 2.75) is 32.6 Å². The average molecular weight is 417 g/mol. The van der Waals surface area contributed by atoms with Crippen LogP contribution in [0.1, 0.15) is 25.2 Å². The lowest BCUT2D eigenvalue weighted by Gasteiger charge is -2.24. The van der Waals surface area contributed by atoms with Crippen LogP contribution in [0.15, 0.2) is 42.7 Å². The van der Waals surface area contributed by atoms with Gasteiger partial charge >= 0.3 is 12.2 Å². The van der Waals surface area contributed by atoms with E-state index in [2.05, 4.69) is 15.0 Å². The molecule has 156 valence electrons. The normalized spacial score (nSPS) is 17.6. The molecule has 0 spiro atoms. The second-order valence-corrected chi connectivity index (χ2v) is 7.41. The summed E-state index contributed by atoms with van der Waals surface area (Å²) in [5, 5.41) is 0. The van der Waals surface area contributed by atoms with E-state index < -0.39 is 30.0 Å². The second-order valence-electron chi connectivity index (χ2n) is 7.41. The van der Waals surface area contributed by atoms with Crippen LogP contribution in [0.4, 0.5) is 23.7 Å². The Labute approximate surface area is 169 Å². The van der Waals surface area contributed by atoms with Gasteiger partial charge < -0.3 is 9.88 Å². The number of H-pyrrole nitrogens is 1. The summed E-state index contributed by atoms with van der Waals surface area (Å²) in [4.78, 5) is 38.4. The number of imidazole rings is 1. The summed E-state index contributed by atoms with van der Waals surface area (Å²) in [6, 6.07) is 6.42. The fourth-order valence-electron chi connectivity index (χ4n) is 3.61. The quantitative estimate of drug-likeness (QED) is 0.652. The van der Waals surface area contributed by atoms with Crippen molar-refractivity contribution < 1.29 is 22.8 Å². The molecule has 1 fully saturated rings. The van der Waals surface area contributed by atoms with Crippen LogP contribution in [-0.4, -0.2) is 37.8 Å². The zero-order valence-electron chi connectivity index (χ0n) is 16.1. The summed E-state index contributed by atoms with van der Waals surface area (Å²) in [6.07, 6.45) is -1.42. The van der Waals surface area contributed by atoms with Crippen LogP contribution in [0.25, 0.3) is 11.0 Å². The van der Waals surface area contributed by atoms with Gasteiger partial charge in [0.05, 0.1) is 16.7 Å². The molecule has 1 aromatic carbocycles. The van der Waals surface area contributed by atoms with E-state index in [0.717, 1.165) is 10.5 Å². The Kier molecular flexibility index (Phi) is 4.71. The Morgan fingerprint density at radius 1 is 1.13 bits per heavy atom. The Bertz CT molecular complexity index is 1110. The molecule has 1 N–H and O–H groups in total. The SMILES string of the molecule is CC(C)C1C(=O)N(c2ccc3nc(C(F)(F)F)[nH]c3c2)C(=O)N1Cc1ccncc1. The molecule has 1 aliphatic rings. The number of pyridine rings is 1. The minimum Gasteiger partial charge on any atom is -0.334 e. The van der Waals surface area contributed by atoms with Gasteiger partial charge in [-0.3, -0.25) is 9.78 Å². The standard InChI is InChI=1S/C20H18F3N5O2/c1-11(2)16-17(29)28(19(30)27(16)10-12-5-7-24-8-6-12)13-3-4-14-15(9-13)26-18(25-14)20(21,22)23/h3-9,11,16H,10H2,1-2H3,(H,25,26). The molecule has 0 saturated carbocycles. The van der Waals surface area contributed by atoms with Gasteiger partial charge in [0.25, 0.3) is 5.91 Å². The number of nitrogens with one attached hydrogen (secondary N) is 1. The van der Waals surface area contributed by atoms with E-state index in [9.17, 15) is 22.8 Å². The molecule has 3 amide bonds. The highest BCUT2D eigenvalue weighted by atomic mass is 19.4. The summed E-state index contributed by atoms with van der Waals surface area (Å²) >= 11 is 0. The van der Waals surface area contributed by atoms with E-state index in [1.807, 2.05) is 13.8 Å². The largest absolute Gasteiger partial charge is 0.449 e. The van der Waals surface area contributed by atoms with Gasteiger partial charge in [-0.1, -0.05) is 13.8 Å². The molecule has 0 bridgehead atoms. The van der Waals surface area contributed by atoms with Crippen LogP contribution in [0.3, 0.4) is 0 Å². The van der Waals surface area contributed by atoms with Crippen molar-refractivity contribution in [3.05, 3.63) is 54.1 Å². The molecular formula is C20H18F3N5O2. The van der Waals surface area contributed by atoms with Crippen molar-refractivity contribution in [2.24, 2.45) is 5.92 Å². The molecule has 0 aliphatic carbocycles. The Morgan fingerprint density at radius 3 is 2.47 bits per heavy atom. The zero-order chi connectivity index (χ0) is 21.6. The van der Waals surface area contributed by atoms with Crippen molar-refractivity contribution in [1.82, 2.24) is 19.9 Å². The van der Waals surface area contributed by atoms with E-state index in [-0.39, 0.29) is 29.2 Å². The number of halogens is 3. The second kappa shape index (κ2) is 7.12. The first-order valence-corrected chi connectivity index (χ1v) is 9.27. The zero-order valence-corrected chi connectivity index (χ0v) is 16.1. The first-order valence-electron chi connectivity index (χ1n) is 9.27. The maximum Gasteiger partial charge on any atom is 0.449 e. The molecule has 1 aliphatic heterocycles. The topological polar surface area (TPSA) is 82.2 Å². The predicted octanol–water partition coefficient (Wildman–Crippen LogP) is 3.97. The lowest BCUT2D eigenvalue weighted by atomic mass is 10.0. The molecule has 2 aromatic heterocycles. The third kappa shape index (κ3) is 3.38. The van der Waals surface area contributed by atoms with Crippen molar-refractivity contribution in [1.29, 1.82) is 0 Å². The lowest BCUT2D eigenvalue weighted by molar-refractivity contribution is -0.144. The Hall–Kier alpha value is -3.43. The van der Waals surface area contributed by atoms with E-state index in [0.29, 0.717) is 0 Å². The number of fused-ring (bicyclic) bond motifs is 1. The number of nitrogens with zero attached hydrogens (tertiary/aromatic N) is 4. The van der Waals surface area contributed by atoms with Crippen LogP contribution < -0.4 is 4.90 Å². The summed E-state index contributed by atoms with van der Waals surface area (Å²) in [6.45, 7) is 3.90. The molecule has 10 heteroatoms. The number of benzene rings is 1. The van der Waals surface area contributed by atoms with Gasteiger partial charge in [-0.05, 0) is 41.8 Å². The van der Waals surface area contributed by atoms with E-state index >= 15 is 0 Å². The van der Waals surface area contributed by atoms with Crippen LogP contribution in [0.2, 0.25) is 0 Å². The molecule has 0 radical (unpaired) electrons. The van der Waals surface area contributed by atoms with Crippen LogP contribution in [-0.2, 0) is 17.5 Å². The number of aromatic amines is 1. The Balaban J connectivity index is 1.71. The number of rotatable bonds is 4. The fraction of sp³-hybridized carbons (Fsp3) is 0.300. The molecule has 1 atom stereocenters. The molecular weight excluding hydrogens is 399 g/mol. The van der Waals surface area contributed by atoms with Gasteiger partial charge in [0.2, 0.25) is 5.82 Å². The maximum absolute atomic E-state index is 13.1. The number of urea groups is 1. The monoisotopic (exact) mass is 417 g/mol. The molecule has 3 heterocycles. The maximum atomic E-state index is 13.1. The van der Waals surface area contributed by atoms with Gasteiger partial charge in [0.15, 0.2) is 0 Å². The Morgan fingerprint density at radius 2 is 1.83 bits per heavy atom. The van der Waals surface area contributed by atoms with Gasteiger partial charge in [0.1, 0.15) is 6.04 Å². The molecule has 30 heavy (non-hydrogen) atoms. The smallest absolute Gasteiger partial charge is 0.334 e. The molecule has 1 unspecified atom stereocenters. The van der Waals surface area contributed by atoms with Crippen molar-refractivity contribution in [3.63, 3.8) is 0 Å². The number of hydrogen-bond donors (Lipinski definition) is 1. The number of amides is 3. The summed E-state index contributed by atoms with van der Waals surface area (Å²) in [5.41, 5.74) is 1.20. The van der Waals surface area contributed by atoms with Crippen LogP contribution in [0.5, 0.6) is 0 Å². The number of aromatic nitrogens is 3. The van der Waals surface area contributed by atoms with E-state index in [1.165, 1.54) is 23.1 Å². The van der Waals surface area contributed by atoms with Gasteiger partial charge in [-0.15, -0.1) is 0 Å². The molecule has 4 rings (SSSR count). The number of carbonyl (C=O) groups is 2. The third-order valence-electron chi connectivity index (χ3n) is 4.97. The van der Waals surface area contributed by atoms with Gasteiger partial charge in [0, 0.05) is 18.9 Å². The highest BCUT2D eigenvalue weighted by Gasteiger charge is 2.47. The van der Waals surface area contributed by atoms with Crippen molar-refractivity contribution in [2.75, 3.05) is 4.90 Å². The van der Waals surface area contributed by atoms with Crippen molar-refractivity contribution >= 4 is 28.7 Å². The average Bonchev–Trinajstić information content (AvgIpc) is 3.21. The van der Waals surface area contributed by atoms with Crippen LogP contribution in [0, 0.1) is 5.92 Å². The van der Waals surface area contributed by atoms with Gasteiger partial charge in [-0.2, -0.15) is 13.2 Å². The molecule has 1 saturated heterocycles.